The summed E-state index contributed by atoms with van der Waals surface area (Å²) in [5, 5.41) is 8.54. The second-order valence-corrected chi connectivity index (χ2v) is 6.47. The Hall–Kier alpha value is -1.66. The highest BCUT2D eigenvalue weighted by atomic mass is 32.2. The molecule has 0 spiro atoms. The molecule has 0 amide bonds. The van der Waals surface area contributed by atoms with Crippen LogP contribution in [0.1, 0.15) is 38.7 Å². The molecule has 0 saturated heterocycles. The molecule has 1 atom stereocenters. The Bertz CT molecular complexity index is 591. The van der Waals surface area contributed by atoms with Crippen molar-refractivity contribution in [3.8, 4) is 0 Å². The fourth-order valence-electron chi connectivity index (χ4n) is 1.91. The molecule has 0 heterocycles. The van der Waals surface area contributed by atoms with Crippen LogP contribution in [0, 0.1) is 0 Å². The molecule has 1 rings (SSSR count). The van der Waals surface area contributed by atoms with Crippen molar-refractivity contribution in [2.75, 3.05) is 0 Å². The van der Waals surface area contributed by atoms with Gasteiger partial charge in [0.2, 0.25) is 10.0 Å². The lowest BCUT2D eigenvalue weighted by Gasteiger charge is -2.16. The molecule has 0 aromatic heterocycles. The quantitative estimate of drug-likeness (QED) is 0.723. The van der Waals surface area contributed by atoms with Crippen LogP contribution in [0.5, 0.6) is 0 Å². The van der Waals surface area contributed by atoms with Gasteiger partial charge in [0.15, 0.2) is 0 Å². The highest BCUT2D eigenvalue weighted by Gasteiger charge is 2.18. The molecule has 1 aromatic carbocycles. The normalized spacial score (nSPS) is 13.4. The maximum Gasteiger partial charge on any atom is 0.328 e. The van der Waals surface area contributed by atoms with Gasteiger partial charge in [0.05, 0.1) is 4.90 Å². The zero-order valence-electron chi connectivity index (χ0n) is 12.2. The Morgan fingerprint density at radius 1 is 1.29 bits per heavy atom. The molecule has 2 N–H and O–H groups in total. The van der Waals surface area contributed by atoms with Crippen molar-refractivity contribution in [2.45, 2.75) is 44.0 Å². The van der Waals surface area contributed by atoms with Gasteiger partial charge in [-0.3, -0.25) is 0 Å². The topological polar surface area (TPSA) is 83.5 Å². The molecule has 5 nitrogen and oxygen atoms in total. The third kappa shape index (κ3) is 5.69. The fourth-order valence-corrected chi connectivity index (χ4v) is 3.26. The minimum atomic E-state index is -3.53. The number of sulfonamides is 1. The summed E-state index contributed by atoms with van der Waals surface area (Å²) in [6, 6.07) is 6.04. The number of carboxylic acids is 1. The monoisotopic (exact) mass is 311 g/mol. The van der Waals surface area contributed by atoms with Crippen molar-refractivity contribution in [3.63, 3.8) is 0 Å². The average Bonchev–Trinajstić information content (AvgIpc) is 2.45. The van der Waals surface area contributed by atoms with Crippen LogP contribution in [0.25, 0.3) is 6.08 Å². The van der Waals surface area contributed by atoms with E-state index >= 15 is 0 Å². The lowest BCUT2D eigenvalue weighted by molar-refractivity contribution is -0.131. The van der Waals surface area contributed by atoms with Crippen LogP contribution in [0.4, 0.5) is 0 Å². The lowest BCUT2D eigenvalue weighted by Crippen LogP contribution is -2.34. The van der Waals surface area contributed by atoms with Crippen molar-refractivity contribution >= 4 is 22.1 Å². The lowest BCUT2D eigenvalue weighted by atomic mass is 10.1. The predicted molar refractivity (Wildman–Crippen MR) is 82.4 cm³/mol. The summed E-state index contributed by atoms with van der Waals surface area (Å²) < 4.78 is 27.2. The molecule has 0 bridgehead atoms. The molecule has 0 radical (unpaired) electrons. The van der Waals surface area contributed by atoms with E-state index in [-0.39, 0.29) is 10.9 Å². The minimum Gasteiger partial charge on any atom is -0.478 e. The third-order valence-electron chi connectivity index (χ3n) is 3.06. The van der Waals surface area contributed by atoms with E-state index in [1.54, 1.807) is 12.1 Å². The Morgan fingerprint density at radius 3 is 2.38 bits per heavy atom. The Kier molecular flexibility index (Phi) is 6.58. The minimum absolute atomic E-state index is 0.0633. The van der Waals surface area contributed by atoms with E-state index in [1.807, 2.05) is 13.8 Å². The zero-order valence-corrected chi connectivity index (χ0v) is 13.1. The molecule has 0 aliphatic heterocycles. The second kappa shape index (κ2) is 7.95. The molecule has 0 saturated carbocycles. The highest BCUT2D eigenvalue weighted by molar-refractivity contribution is 7.89. The number of carboxylic acid groups (broad SMARTS) is 1. The van der Waals surface area contributed by atoms with E-state index in [9.17, 15) is 13.2 Å². The molecule has 0 aliphatic rings. The standard InChI is InChI=1S/C15H21NO4S/c1-3-5-13(4-2)16-21(19,20)14-9-6-12(7-10-14)8-11-15(17)18/h6-11,13,16H,3-5H2,1-2H3,(H,17,18). The SMILES string of the molecule is CCCC(CC)NS(=O)(=O)c1ccc(C=CC(=O)O)cc1. The number of benzene rings is 1. The van der Waals surface area contributed by atoms with Crippen molar-refractivity contribution in [3.05, 3.63) is 35.9 Å². The first-order valence-corrected chi connectivity index (χ1v) is 8.40. The van der Waals surface area contributed by atoms with Crippen molar-refractivity contribution < 1.29 is 18.3 Å². The van der Waals surface area contributed by atoms with Crippen molar-refractivity contribution in [1.82, 2.24) is 4.72 Å². The summed E-state index contributed by atoms with van der Waals surface area (Å²) in [6.07, 6.45) is 4.88. The van der Waals surface area contributed by atoms with Crippen LogP contribution in [0.2, 0.25) is 0 Å². The predicted octanol–water partition coefficient (Wildman–Crippen LogP) is 2.64. The van der Waals surface area contributed by atoms with Gasteiger partial charge in [-0.05, 0) is 36.6 Å². The average molecular weight is 311 g/mol. The van der Waals surface area contributed by atoms with Crippen LogP contribution in [0.15, 0.2) is 35.2 Å². The number of hydrogen-bond acceptors (Lipinski definition) is 3. The zero-order chi connectivity index (χ0) is 15.9. The van der Waals surface area contributed by atoms with E-state index in [0.29, 0.717) is 5.56 Å². The first-order valence-electron chi connectivity index (χ1n) is 6.92. The van der Waals surface area contributed by atoms with Gasteiger partial charge in [-0.15, -0.1) is 0 Å². The molecule has 1 unspecified atom stereocenters. The van der Waals surface area contributed by atoms with Crippen molar-refractivity contribution in [2.24, 2.45) is 0 Å². The van der Waals surface area contributed by atoms with Crippen LogP contribution in [-0.4, -0.2) is 25.5 Å². The van der Waals surface area contributed by atoms with Crippen LogP contribution >= 0.6 is 0 Å². The molecule has 21 heavy (non-hydrogen) atoms. The Morgan fingerprint density at radius 2 is 1.90 bits per heavy atom. The van der Waals surface area contributed by atoms with E-state index in [4.69, 9.17) is 5.11 Å². The number of hydrogen-bond donors (Lipinski definition) is 2. The van der Waals surface area contributed by atoms with E-state index in [1.165, 1.54) is 18.2 Å². The van der Waals surface area contributed by atoms with E-state index in [2.05, 4.69) is 4.72 Å². The maximum absolute atomic E-state index is 12.2. The summed E-state index contributed by atoms with van der Waals surface area (Å²) in [5.74, 6) is -1.04. The Balaban J connectivity index is 2.86. The Labute approximate surface area is 125 Å². The fraction of sp³-hybridized carbons (Fsp3) is 0.400. The molecule has 6 heteroatoms. The number of carbonyl (C=O) groups is 1. The molecule has 1 aromatic rings. The van der Waals surface area contributed by atoms with Crippen LogP contribution < -0.4 is 4.72 Å². The molecule has 0 fully saturated rings. The first kappa shape index (κ1) is 17.4. The van der Waals surface area contributed by atoms with Gasteiger partial charge >= 0.3 is 5.97 Å². The van der Waals surface area contributed by atoms with Crippen LogP contribution in [-0.2, 0) is 14.8 Å². The van der Waals surface area contributed by atoms with Gasteiger partial charge in [-0.1, -0.05) is 32.4 Å². The van der Waals surface area contributed by atoms with E-state index in [0.717, 1.165) is 25.3 Å². The van der Waals surface area contributed by atoms with Gasteiger partial charge in [0.25, 0.3) is 0 Å². The number of rotatable bonds is 8. The summed E-state index contributed by atoms with van der Waals surface area (Å²) in [6.45, 7) is 3.96. The summed E-state index contributed by atoms with van der Waals surface area (Å²) in [5.41, 5.74) is 0.636. The number of aliphatic carboxylic acids is 1. The van der Waals surface area contributed by atoms with Gasteiger partial charge in [-0.25, -0.2) is 17.9 Å². The summed E-state index contributed by atoms with van der Waals surface area (Å²) in [4.78, 5) is 10.6. The van der Waals surface area contributed by atoms with Gasteiger partial charge in [0.1, 0.15) is 0 Å². The van der Waals surface area contributed by atoms with Gasteiger partial charge in [-0.2, -0.15) is 0 Å². The molecular formula is C15H21NO4S. The van der Waals surface area contributed by atoms with E-state index < -0.39 is 16.0 Å². The molecule has 0 aliphatic carbocycles. The summed E-state index contributed by atoms with van der Waals surface area (Å²) in [7, 11) is -3.53. The third-order valence-corrected chi connectivity index (χ3v) is 4.60. The smallest absolute Gasteiger partial charge is 0.328 e. The second-order valence-electron chi connectivity index (χ2n) is 4.76. The maximum atomic E-state index is 12.2. The summed E-state index contributed by atoms with van der Waals surface area (Å²) >= 11 is 0. The van der Waals surface area contributed by atoms with Gasteiger partial charge in [0, 0.05) is 12.1 Å². The van der Waals surface area contributed by atoms with Gasteiger partial charge < -0.3 is 5.11 Å². The number of nitrogens with one attached hydrogen (secondary N) is 1. The van der Waals surface area contributed by atoms with Crippen molar-refractivity contribution in [1.29, 1.82) is 0 Å². The largest absolute Gasteiger partial charge is 0.478 e. The first-order chi connectivity index (χ1) is 9.89. The molecular weight excluding hydrogens is 290 g/mol. The molecule has 116 valence electrons. The van der Waals surface area contributed by atoms with Crippen LogP contribution in [0.3, 0.4) is 0 Å². The highest BCUT2D eigenvalue weighted by Crippen LogP contribution is 2.14.